The highest BCUT2D eigenvalue weighted by Gasteiger charge is 2.50. The van der Waals surface area contributed by atoms with Gasteiger partial charge in [0.1, 0.15) is 0 Å². The van der Waals surface area contributed by atoms with Gasteiger partial charge >= 0.3 is 0 Å². The summed E-state index contributed by atoms with van der Waals surface area (Å²) in [5.41, 5.74) is 2.35. The van der Waals surface area contributed by atoms with Gasteiger partial charge in [-0.3, -0.25) is 5.10 Å². The molecule has 2 fully saturated rings. The lowest BCUT2D eigenvalue weighted by Gasteiger charge is -2.53. The second kappa shape index (κ2) is 8.26. The van der Waals surface area contributed by atoms with E-state index in [0.717, 1.165) is 30.4 Å². The van der Waals surface area contributed by atoms with Gasteiger partial charge in [0.05, 0.1) is 12.8 Å². The molecule has 0 amide bonds. The van der Waals surface area contributed by atoms with Crippen LogP contribution in [0.5, 0.6) is 5.75 Å². The van der Waals surface area contributed by atoms with Crippen molar-refractivity contribution in [2.24, 2.45) is 5.41 Å². The van der Waals surface area contributed by atoms with Crippen molar-refractivity contribution in [3.8, 4) is 16.9 Å². The van der Waals surface area contributed by atoms with Gasteiger partial charge in [0.15, 0.2) is 11.4 Å². The first-order valence-electron chi connectivity index (χ1n) is 11.3. The van der Waals surface area contributed by atoms with Crippen LogP contribution >= 0.6 is 0 Å². The number of H-pyrrole nitrogens is 1. The van der Waals surface area contributed by atoms with E-state index in [9.17, 15) is 8.42 Å². The van der Waals surface area contributed by atoms with Crippen molar-refractivity contribution in [3.63, 3.8) is 0 Å². The molecule has 12 heteroatoms. The average molecular weight is 475 g/mol. The topological polar surface area (TPSA) is 121 Å². The van der Waals surface area contributed by atoms with Gasteiger partial charge in [0, 0.05) is 62.2 Å². The lowest BCUT2D eigenvalue weighted by atomic mass is 9.62. The summed E-state index contributed by atoms with van der Waals surface area (Å²) in [5.74, 6) is 1.19. The molecule has 2 aliphatic rings. The van der Waals surface area contributed by atoms with E-state index in [0.29, 0.717) is 43.5 Å². The lowest BCUT2D eigenvalue weighted by molar-refractivity contribution is 0.0394. The highest BCUT2D eigenvalue weighted by Crippen LogP contribution is 2.49. The zero-order chi connectivity index (χ0) is 23.2. The number of hydrogen-bond donors (Lipinski definition) is 2. The Kier molecular flexibility index (Phi) is 5.53. The molecule has 1 unspecified atom stereocenters. The summed E-state index contributed by atoms with van der Waals surface area (Å²) in [7, 11) is -0.253. The first kappa shape index (κ1) is 22.1. The van der Waals surface area contributed by atoms with Crippen molar-refractivity contribution in [1.29, 1.82) is 0 Å². The van der Waals surface area contributed by atoms with Gasteiger partial charge < -0.3 is 10.1 Å². The number of aromatic amines is 1. The number of anilines is 1. The maximum atomic E-state index is 12.7. The number of nitrogens with one attached hydrogen (secondary N) is 2. The van der Waals surface area contributed by atoms with E-state index in [4.69, 9.17) is 9.72 Å². The molecule has 2 N–H and O–H groups in total. The van der Waals surface area contributed by atoms with Crippen LogP contribution in [0.25, 0.3) is 16.8 Å². The Morgan fingerprint density at radius 1 is 1.36 bits per heavy atom. The number of rotatable bonds is 7. The van der Waals surface area contributed by atoms with E-state index in [1.807, 2.05) is 25.4 Å². The van der Waals surface area contributed by atoms with Gasteiger partial charge in [0.25, 0.3) is 10.2 Å². The summed E-state index contributed by atoms with van der Waals surface area (Å²) in [6.07, 6.45) is 9.23. The molecule has 1 saturated carbocycles. The fourth-order valence-electron chi connectivity index (χ4n) is 4.96. The molecule has 3 aromatic rings. The molecule has 1 spiro atoms. The standard InChI is InChI=1S/C21H30N8O3S/c1-4-32-18-16(15-12-22-23-13-15)6-11-29-19(18)25-20(26-29)24-17-7-10-28(33(30,31)27(2)3)14-21(17)8-5-9-21/h6,11-13,17H,4-5,7-10,14H2,1-3H3,(H,22,23)(H,24,26). The fourth-order valence-corrected chi connectivity index (χ4v) is 6.18. The molecule has 1 saturated heterocycles. The van der Waals surface area contributed by atoms with Crippen LogP contribution in [0.15, 0.2) is 24.7 Å². The molecular weight excluding hydrogens is 444 g/mol. The Morgan fingerprint density at radius 2 is 2.18 bits per heavy atom. The molecule has 3 aromatic heterocycles. The Hall–Kier alpha value is -2.70. The summed E-state index contributed by atoms with van der Waals surface area (Å²) >= 11 is 0. The van der Waals surface area contributed by atoms with Crippen LogP contribution < -0.4 is 10.1 Å². The van der Waals surface area contributed by atoms with Crippen molar-refractivity contribution >= 4 is 21.8 Å². The number of nitrogens with zero attached hydrogens (tertiary/aromatic N) is 6. The van der Waals surface area contributed by atoms with Crippen LogP contribution in [0.2, 0.25) is 0 Å². The summed E-state index contributed by atoms with van der Waals surface area (Å²) in [4.78, 5) is 4.76. The lowest BCUT2D eigenvalue weighted by Crippen LogP contribution is -2.60. The number of ether oxygens (including phenoxy) is 1. The van der Waals surface area contributed by atoms with Crippen LogP contribution in [-0.2, 0) is 10.2 Å². The van der Waals surface area contributed by atoms with Gasteiger partial charge in [-0.1, -0.05) is 6.42 Å². The summed E-state index contributed by atoms with van der Waals surface area (Å²) in [5, 5.41) is 15.1. The molecular formula is C21H30N8O3S. The molecule has 33 heavy (non-hydrogen) atoms. The zero-order valence-corrected chi connectivity index (χ0v) is 20.0. The molecule has 1 aliphatic heterocycles. The van der Waals surface area contributed by atoms with E-state index in [1.54, 1.807) is 29.1 Å². The maximum absolute atomic E-state index is 12.7. The normalized spacial score (nSPS) is 20.9. The zero-order valence-electron chi connectivity index (χ0n) is 19.2. The van der Waals surface area contributed by atoms with Crippen molar-refractivity contribution in [3.05, 3.63) is 24.7 Å². The minimum Gasteiger partial charge on any atom is -0.489 e. The summed E-state index contributed by atoms with van der Waals surface area (Å²) in [6.45, 7) is 3.44. The van der Waals surface area contributed by atoms with Crippen LogP contribution in [0.1, 0.15) is 32.6 Å². The quantitative estimate of drug-likeness (QED) is 0.537. The van der Waals surface area contributed by atoms with Gasteiger partial charge in [-0.05, 0) is 32.3 Å². The molecule has 0 bridgehead atoms. The van der Waals surface area contributed by atoms with Crippen molar-refractivity contribution < 1.29 is 13.2 Å². The monoisotopic (exact) mass is 474 g/mol. The van der Waals surface area contributed by atoms with E-state index in [2.05, 4.69) is 20.6 Å². The fraction of sp³-hybridized carbons (Fsp3) is 0.571. The summed E-state index contributed by atoms with van der Waals surface area (Å²) < 4.78 is 36.0. The van der Waals surface area contributed by atoms with Crippen LogP contribution in [-0.4, -0.2) is 81.7 Å². The second-order valence-corrected chi connectivity index (χ2v) is 11.1. The Balaban J connectivity index is 1.43. The molecule has 1 aliphatic carbocycles. The van der Waals surface area contributed by atoms with Gasteiger partial charge in [-0.15, -0.1) is 5.10 Å². The third kappa shape index (κ3) is 3.75. The average Bonchev–Trinajstić information content (AvgIpc) is 3.43. The predicted octanol–water partition coefficient (Wildman–Crippen LogP) is 1.98. The van der Waals surface area contributed by atoms with E-state index < -0.39 is 10.2 Å². The Labute approximate surface area is 193 Å². The molecule has 4 heterocycles. The molecule has 5 rings (SSSR count). The molecule has 11 nitrogen and oxygen atoms in total. The number of fused-ring (bicyclic) bond motifs is 1. The number of aromatic nitrogens is 5. The number of hydrogen-bond acceptors (Lipinski definition) is 7. The van der Waals surface area contributed by atoms with Crippen LogP contribution in [0, 0.1) is 5.41 Å². The van der Waals surface area contributed by atoms with E-state index >= 15 is 0 Å². The third-order valence-corrected chi connectivity index (χ3v) is 8.78. The van der Waals surface area contributed by atoms with Crippen molar-refractivity contribution in [2.45, 2.75) is 38.6 Å². The minimum absolute atomic E-state index is 0.0937. The first-order chi connectivity index (χ1) is 15.8. The maximum Gasteiger partial charge on any atom is 0.281 e. The van der Waals surface area contributed by atoms with Gasteiger partial charge in [0.2, 0.25) is 5.95 Å². The van der Waals surface area contributed by atoms with Crippen LogP contribution in [0.3, 0.4) is 0 Å². The SMILES string of the molecule is CCOc1c(-c2cn[nH]c2)ccn2nc(NC3CCN(S(=O)(=O)N(C)C)CC34CCC4)nc12. The highest BCUT2D eigenvalue weighted by atomic mass is 32.2. The molecule has 0 aromatic carbocycles. The predicted molar refractivity (Wildman–Crippen MR) is 124 cm³/mol. The number of pyridine rings is 1. The minimum atomic E-state index is -3.42. The molecule has 1 atom stereocenters. The first-order valence-corrected chi connectivity index (χ1v) is 12.7. The van der Waals surface area contributed by atoms with Gasteiger partial charge in [-0.25, -0.2) is 4.52 Å². The van der Waals surface area contributed by atoms with Crippen molar-refractivity contribution in [1.82, 2.24) is 33.4 Å². The van der Waals surface area contributed by atoms with E-state index in [-0.39, 0.29) is 11.5 Å². The highest BCUT2D eigenvalue weighted by molar-refractivity contribution is 7.86. The largest absolute Gasteiger partial charge is 0.489 e. The third-order valence-electron chi connectivity index (χ3n) is 6.90. The van der Waals surface area contributed by atoms with Crippen LogP contribution in [0.4, 0.5) is 5.95 Å². The second-order valence-electron chi connectivity index (χ2n) is 9.01. The Bertz CT molecular complexity index is 1230. The van der Waals surface area contributed by atoms with Crippen molar-refractivity contribution in [2.75, 3.05) is 39.1 Å². The van der Waals surface area contributed by atoms with Gasteiger partial charge in [-0.2, -0.15) is 27.1 Å². The molecule has 178 valence electrons. The smallest absolute Gasteiger partial charge is 0.281 e. The summed E-state index contributed by atoms with van der Waals surface area (Å²) in [6, 6.07) is 2.06. The Morgan fingerprint density at radius 3 is 2.82 bits per heavy atom. The number of piperidine rings is 1. The van der Waals surface area contributed by atoms with E-state index in [1.165, 1.54) is 4.31 Å². The molecule has 0 radical (unpaired) electrons.